The number of ether oxygens (including phenoxy) is 1. The van der Waals surface area contributed by atoms with Gasteiger partial charge in [0.1, 0.15) is 6.10 Å². The SMILES string of the molecule is C=C1C(=O)OC2CC(C)CCCC(C)CCC12. The van der Waals surface area contributed by atoms with Crippen molar-refractivity contribution in [1.29, 1.82) is 0 Å². The molecular weight excluding hydrogens is 212 g/mol. The van der Waals surface area contributed by atoms with Gasteiger partial charge in [-0.3, -0.25) is 0 Å². The summed E-state index contributed by atoms with van der Waals surface area (Å²) in [6.45, 7) is 8.52. The van der Waals surface area contributed by atoms with E-state index in [1.165, 1.54) is 25.7 Å². The highest BCUT2D eigenvalue weighted by atomic mass is 16.6. The van der Waals surface area contributed by atoms with Gasteiger partial charge in [0.25, 0.3) is 0 Å². The number of carbonyl (C=O) groups excluding carboxylic acids is 1. The van der Waals surface area contributed by atoms with Crippen LogP contribution in [-0.4, -0.2) is 12.1 Å². The summed E-state index contributed by atoms with van der Waals surface area (Å²) in [6, 6.07) is 0. The second kappa shape index (κ2) is 5.24. The van der Waals surface area contributed by atoms with Gasteiger partial charge in [-0.1, -0.05) is 39.7 Å². The molecular formula is C15H24O2. The second-order valence-corrected chi connectivity index (χ2v) is 6.03. The Balaban J connectivity index is 2.08. The Morgan fingerprint density at radius 2 is 1.82 bits per heavy atom. The maximum Gasteiger partial charge on any atom is 0.334 e. The molecule has 0 bridgehead atoms. The quantitative estimate of drug-likeness (QED) is 0.473. The van der Waals surface area contributed by atoms with Crippen LogP contribution in [0.25, 0.3) is 0 Å². The lowest BCUT2D eigenvalue weighted by Gasteiger charge is -2.24. The predicted molar refractivity (Wildman–Crippen MR) is 68.5 cm³/mol. The van der Waals surface area contributed by atoms with Crippen molar-refractivity contribution in [1.82, 2.24) is 0 Å². The van der Waals surface area contributed by atoms with Crippen LogP contribution in [0.4, 0.5) is 0 Å². The van der Waals surface area contributed by atoms with Crippen LogP contribution in [0.2, 0.25) is 0 Å². The largest absolute Gasteiger partial charge is 0.458 e. The average molecular weight is 236 g/mol. The molecule has 0 spiro atoms. The number of hydrogen-bond acceptors (Lipinski definition) is 2. The summed E-state index contributed by atoms with van der Waals surface area (Å²) in [6.07, 6.45) is 7.29. The predicted octanol–water partition coefficient (Wildman–Crippen LogP) is 3.71. The van der Waals surface area contributed by atoms with Gasteiger partial charge < -0.3 is 4.74 Å². The van der Waals surface area contributed by atoms with Crippen LogP contribution in [-0.2, 0) is 9.53 Å². The fourth-order valence-corrected chi connectivity index (χ4v) is 3.18. The van der Waals surface area contributed by atoms with Crippen LogP contribution in [0.3, 0.4) is 0 Å². The molecule has 4 atom stereocenters. The molecule has 1 saturated carbocycles. The Morgan fingerprint density at radius 3 is 2.59 bits per heavy atom. The van der Waals surface area contributed by atoms with E-state index in [0.717, 1.165) is 24.3 Å². The van der Waals surface area contributed by atoms with Gasteiger partial charge in [-0.2, -0.15) is 0 Å². The summed E-state index contributed by atoms with van der Waals surface area (Å²) in [4.78, 5) is 11.6. The van der Waals surface area contributed by atoms with Crippen LogP contribution < -0.4 is 0 Å². The van der Waals surface area contributed by atoms with Crippen LogP contribution in [0.1, 0.15) is 52.4 Å². The molecule has 0 aromatic rings. The van der Waals surface area contributed by atoms with Gasteiger partial charge in [-0.05, 0) is 31.1 Å². The van der Waals surface area contributed by atoms with Crippen molar-refractivity contribution < 1.29 is 9.53 Å². The van der Waals surface area contributed by atoms with Gasteiger partial charge in [0.2, 0.25) is 0 Å². The molecule has 0 N–H and O–H groups in total. The first-order valence-electron chi connectivity index (χ1n) is 6.97. The Kier molecular flexibility index (Phi) is 3.90. The summed E-state index contributed by atoms with van der Waals surface area (Å²) in [7, 11) is 0. The number of hydrogen-bond donors (Lipinski definition) is 0. The van der Waals surface area contributed by atoms with Crippen molar-refractivity contribution in [2.45, 2.75) is 58.5 Å². The second-order valence-electron chi connectivity index (χ2n) is 6.03. The van der Waals surface area contributed by atoms with E-state index in [1.807, 2.05) is 0 Å². The van der Waals surface area contributed by atoms with Crippen molar-refractivity contribution in [3.05, 3.63) is 12.2 Å². The lowest BCUT2D eigenvalue weighted by atomic mass is 9.81. The molecule has 0 aromatic carbocycles. The zero-order valence-electron chi connectivity index (χ0n) is 11.1. The zero-order chi connectivity index (χ0) is 12.4. The molecule has 0 amide bonds. The normalized spacial score (nSPS) is 39.6. The summed E-state index contributed by atoms with van der Waals surface area (Å²) < 4.78 is 5.48. The number of esters is 1. The van der Waals surface area contributed by atoms with Crippen molar-refractivity contribution >= 4 is 5.97 Å². The molecule has 1 heterocycles. The van der Waals surface area contributed by atoms with Gasteiger partial charge >= 0.3 is 5.97 Å². The molecule has 4 unspecified atom stereocenters. The van der Waals surface area contributed by atoms with E-state index in [-0.39, 0.29) is 18.0 Å². The first-order chi connectivity index (χ1) is 8.08. The lowest BCUT2D eigenvalue weighted by molar-refractivity contribution is -0.139. The topological polar surface area (TPSA) is 26.3 Å². The minimum absolute atomic E-state index is 0.107. The Morgan fingerprint density at radius 1 is 1.12 bits per heavy atom. The highest BCUT2D eigenvalue weighted by molar-refractivity contribution is 5.90. The van der Waals surface area contributed by atoms with Crippen LogP contribution >= 0.6 is 0 Å². The number of fused-ring (bicyclic) bond motifs is 1. The van der Waals surface area contributed by atoms with Crippen molar-refractivity contribution in [2.24, 2.45) is 17.8 Å². The lowest BCUT2D eigenvalue weighted by Crippen LogP contribution is -2.21. The highest BCUT2D eigenvalue weighted by Gasteiger charge is 2.39. The van der Waals surface area contributed by atoms with Gasteiger partial charge in [0, 0.05) is 11.5 Å². The molecule has 2 heteroatoms. The third-order valence-corrected chi connectivity index (χ3v) is 4.42. The van der Waals surface area contributed by atoms with Gasteiger partial charge in [-0.25, -0.2) is 4.79 Å². The monoisotopic (exact) mass is 236 g/mol. The highest BCUT2D eigenvalue weighted by Crippen LogP contribution is 2.37. The summed E-state index contributed by atoms with van der Waals surface area (Å²) >= 11 is 0. The average Bonchev–Trinajstić information content (AvgIpc) is 2.52. The van der Waals surface area contributed by atoms with Crippen molar-refractivity contribution in [2.75, 3.05) is 0 Å². The zero-order valence-corrected chi connectivity index (χ0v) is 11.1. The van der Waals surface area contributed by atoms with Gasteiger partial charge in [0.15, 0.2) is 0 Å². The van der Waals surface area contributed by atoms with E-state index in [4.69, 9.17) is 4.74 Å². The molecule has 2 nitrogen and oxygen atoms in total. The van der Waals surface area contributed by atoms with Crippen molar-refractivity contribution in [3.63, 3.8) is 0 Å². The Hall–Kier alpha value is -0.790. The third-order valence-electron chi connectivity index (χ3n) is 4.42. The maximum atomic E-state index is 11.6. The minimum Gasteiger partial charge on any atom is -0.458 e. The fourth-order valence-electron chi connectivity index (χ4n) is 3.18. The molecule has 1 aliphatic carbocycles. The molecule has 2 fully saturated rings. The summed E-state index contributed by atoms with van der Waals surface area (Å²) in [5.41, 5.74) is 0.718. The first-order valence-corrected chi connectivity index (χ1v) is 6.97. The van der Waals surface area contributed by atoms with Crippen LogP contribution in [0, 0.1) is 17.8 Å². The third kappa shape index (κ3) is 2.91. The summed E-state index contributed by atoms with van der Waals surface area (Å²) in [5.74, 6) is 1.56. The standard InChI is InChI=1S/C15H24O2/c1-10-5-4-6-11(2)9-14-13(8-7-10)12(3)15(16)17-14/h10-11,13-14H,3-9H2,1-2H3. The summed E-state index contributed by atoms with van der Waals surface area (Å²) in [5, 5.41) is 0. The van der Waals surface area contributed by atoms with Crippen LogP contribution in [0.15, 0.2) is 12.2 Å². The van der Waals surface area contributed by atoms with E-state index in [2.05, 4.69) is 20.4 Å². The fraction of sp³-hybridized carbons (Fsp3) is 0.800. The van der Waals surface area contributed by atoms with Gasteiger partial charge in [-0.15, -0.1) is 0 Å². The van der Waals surface area contributed by atoms with E-state index in [9.17, 15) is 4.79 Å². The molecule has 1 saturated heterocycles. The number of rotatable bonds is 0. The molecule has 0 aromatic heterocycles. The van der Waals surface area contributed by atoms with Crippen molar-refractivity contribution in [3.8, 4) is 0 Å². The van der Waals surface area contributed by atoms with E-state index in [1.54, 1.807) is 0 Å². The van der Waals surface area contributed by atoms with E-state index < -0.39 is 0 Å². The van der Waals surface area contributed by atoms with E-state index in [0.29, 0.717) is 5.92 Å². The minimum atomic E-state index is -0.154. The van der Waals surface area contributed by atoms with Gasteiger partial charge in [0.05, 0.1) is 0 Å². The molecule has 96 valence electrons. The smallest absolute Gasteiger partial charge is 0.334 e. The molecule has 2 rings (SSSR count). The molecule has 1 aliphatic heterocycles. The molecule has 17 heavy (non-hydrogen) atoms. The number of carbonyl (C=O) groups is 1. The molecule has 2 aliphatic rings. The Bertz CT molecular complexity index is 308. The first kappa shape index (κ1) is 12.7. The molecule has 0 radical (unpaired) electrons. The maximum absolute atomic E-state index is 11.6. The van der Waals surface area contributed by atoms with Crippen LogP contribution in [0.5, 0.6) is 0 Å². The Labute approximate surface area is 104 Å². The van der Waals surface area contributed by atoms with E-state index >= 15 is 0 Å².